The standard InChI is InChI=1S/C14H20O2/c1-11(2)13-5-3-12(4-6-13)7-14(8-15)9-16-10-14/h3-6,11,15H,7-10H2,1-2H3. The van der Waals surface area contributed by atoms with Gasteiger partial charge in [0.25, 0.3) is 0 Å². The Kier molecular flexibility index (Phi) is 3.31. The number of ether oxygens (including phenoxy) is 1. The first-order chi connectivity index (χ1) is 7.65. The van der Waals surface area contributed by atoms with Gasteiger partial charge in [0.15, 0.2) is 0 Å². The second kappa shape index (κ2) is 4.56. The van der Waals surface area contributed by atoms with E-state index in [2.05, 4.69) is 38.1 Å². The Hall–Kier alpha value is -0.860. The Morgan fingerprint density at radius 1 is 1.25 bits per heavy atom. The molecule has 1 fully saturated rings. The van der Waals surface area contributed by atoms with Crippen molar-refractivity contribution in [3.05, 3.63) is 35.4 Å². The number of aliphatic hydroxyl groups is 1. The second-order valence-electron chi connectivity index (χ2n) is 5.22. The number of benzene rings is 1. The van der Waals surface area contributed by atoms with E-state index in [1.165, 1.54) is 11.1 Å². The smallest absolute Gasteiger partial charge is 0.0570 e. The van der Waals surface area contributed by atoms with Gasteiger partial charge in [0, 0.05) is 5.41 Å². The predicted octanol–water partition coefficient (Wildman–Crippen LogP) is 2.36. The molecule has 0 bridgehead atoms. The normalized spacial score (nSPS) is 18.5. The van der Waals surface area contributed by atoms with E-state index in [1.54, 1.807) is 0 Å². The van der Waals surface area contributed by atoms with Gasteiger partial charge in [-0.1, -0.05) is 38.1 Å². The van der Waals surface area contributed by atoms with Crippen molar-refractivity contribution in [3.8, 4) is 0 Å². The molecule has 0 atom stereocenters. The van der Waals surface area contributed by atoms with E-state index in [9.17, 15) is 5.11 Å². The van der Waals surface area contributed by atoms with Crippen molar-refractivity contribution >= 4 is 0 Å². The van der Waals surface area contributed by atoms with Gasteiger partial charge in [-0.3, -0.25) is 0 Å². The average Bonchev–Trinajstić information content (AvgIpc) is 2.24. The molecular weight excluding hydrogens is 200 g/mol. The van der Waals surface area contributed by atoms with Crippen LogP contribution in [0.15, 0.2) is 24.3 Å². The largest absolute Gasteiger partial charge is 0.396 e. The highest BCUT2D eigenvalue weighted by Crippen LogP contribution is 2.31. The third-order valence-corrected chi connectivity index (χ3v) is 3.38. The van der Waals surface area contributed by atoms with Crippen molar-refractivity contribution in [3.63, 3.8) is 0 Å². The fourth-order valence-electron chi connectivity index (χ4n) is 2.09. The monoisotopic (exact) mass is 220 g/mol. The van der Waals surface area contributed by atoms with Gasteiger partial charge < -0.3 is 9.84 Å². The Balaban J connectivity index is 2.05. The summed E-state index contributed by atoms with van der Waals surface area (Å²) >= 11 is 0. The molecule has 1 aliphatic rings. The van der Waals surface area contributed by atoms with Gasteiger partial charge in [-0.25, -0.2) is 0 Å². The Morgan fingerprint density at radius 2 is 1.88 bits per heavy atom. The van der Waals surface area contributed by atoms with Crippen molar-refractivity contribution in [1.82, 2.24) is 0 Å². The molecular formula is C14H20O2. The highest BCUT2D eigenvalue weighted by atomic mass is 16.5. The summed E-state index contributed by atoms with van der Waals surface area (Å²) in [7, 11) is 0. The molecule has 88 valence electrons. The molecule has 1 aliphatic heterocycles. The molecule has 2 rings (SSSR count). The van der Waals surface area contributed by atoms with Crippen molar-refractivity contribution < 1.29 is 9.84 Å². The molecule has 0 spiro atoms. The zero-order valence-corrected chi connectivity index (χ0v) is 10.1. The van der Waals surface area contributed by atoms with Crippen LogP contribution in [-0.2, 0) is 11.2 Å². The second-order valence-corrected chi connectivity index (χ2v) is 5.22. The molecule has 1 saturated heterocycles. The van der Waals surface area contributed by atoms with E-state index >= 15 is 0 Å². The third-order valence-electron chi connectivity index (χ3n) is 3.38. The molecule has 0 amide bonds. The van der Waals surface area contributed by atoms with E-state index in [-0.39, 0.29) is 12.0 Å². The Bertz CT molecular complexity index is 331. The summed E-state index contributed by atoms with van der Waals surface area (Å²) in [6, 6.07) is 8.71. The van der Waals surface area contributed by atoms with Crippen molar-refractivity contribution in [2.45, 2.75) is 26.2 Å². The number of hydrogen-bond acceptors (Lipinski definition) is 2. The zero-order chi connectivity index (χ0) is 11.6. The highest BCUT2D eigenvalue weighted by Gasteiger charge is 2.37. The van der Waals surface area contributed by atoms with Crippen LogP contribution in [0.2, 0.25) is 0 Å². The fraction of sp³-hybridized carbons (Fsp3) is 0.571. The topological polar surface area (TPSA) is 29.5 Å². The Morgan fingerprint density at radius 3 is 2.25 bits per heavy atom. The van der Waals surface area contributed by atoms with Crippen molar-refractivity contribution in [2.24, 2.45) is 5.41 Å². The van der Waals surface area contributed by atoms with Gasteiger partial charge in [0.2, 0.25) is 0 Å². The molecule has 1 aromatic carbocycles. The van der Waals surface area contributed by atoms with Crippen LogP contribution in [0.4, 0.5) is 0 Å². The van der Waals surface area contributed by atoms with Gasteiger partial charge in [0.1, 0.15) is 0 Å². The van der Waals surface area contributed by atoms with Crippen LogP contribution in [0.3, 0.4) is 0 Å². The highest BCUT2D eigenvalue weighted by molar-refractivity contribution is 5.25. The zero-order valence-electron chi connectivity index (χ0n) is 10.1. The molecule has 16 heavy (non-hydrogen) atoms. The molecule has 2 nitrogen and oxygen atoms in total. The van der Waals surface area contributed by atoms with Crippen LogP contribution < -0.4 is 0 Å². The molecule has 1 N–H and O–H groups in total. The minimum absolute atomic E-state index is 0.0145. The van der Waals surface area contributed by atoms with E-state index in [0.29, 0.717) is 19.1 Å². The summed E-state index contributed by atoms with van der Waals surface area (Å²) < 4.78 is 5.20. The fourth-order valence-corrected chi connectivity index (χ4v) is 2.09. The van der Waals surface area contributed by atoms with Crippen LogP contribution in [0, 0.1) is 5.41 Å². The molecule has 0 saturated carbocycles. The van der Waals surface area contributed by atoms with Crippen LogP contribution in [-0.4, -0.2) is 24.9 Å². The summed E-state index contributed by atoms with van der Waals surface area (Å²) in [4.78, 5) is 0. The summed E-state index contributed by atoms with van der Waals surface area (Å²) in [5.74, 6) is 0.577. The lowest BCUT2D eigenvalue weighted by molar-refractivity contribution is -0.136. The molecule has 0 unspecified atom stereocenters. The summed E-state index contributed by atoms with van der Waals surface area (Å²) in [5.41, 5.74) is 2.65. The predicted molar refractivity (Wildman–Crippen MR) is 64.6 cm³/mol. The quantitative estimate of drug-likeness (QED) is 0.844. The lowest BCUT2D eigenvalue weighted by Crippen LogP contribution is -2.47. The van der Waals surface area contributed by atoms with Gasteiger partial charge >= 0.3 is 0 Å². The SMILES string of the molecule is CC(C)c1ccc(CC2(CO)COC2)cc1. The van der Waals surface area contributed by atoms with Gasteiger partial charge in [-0.05, 0) is 23.5 Å². The van der Waals surface area contributed by atoms with E-state index in [4.69, 9.17) is 4.74 Å². The lowest BCUT2D eigenvalue weighted by Gasteiger charge is -2.40. The average molecular weight is 220 g/mol. The van der Waals surface area contributed by atoms with Crippen molar-refractivity contribution in [1.29, 1.82) is 0 Å². The number of rotatable bonds is 4. The summed E-state index contributed by atoms with van der Waals surface area (Å²) in [6.07, 6.45) is 0.919. The first-order valence-electron chi connectivity index (χ1n) is 5.93. The van der Waals surface area contributed by atoms with Crippen LogP contribution in [0.5, 0.6) is 0 Å². The third kappa shape index (κ3) is 2.28. The van der Waals surface area contributed by atoms with Gasteiger partial charge in [-0.15, -0.1) is 0 Å². The summed E-state index contributed by atoms with van der Waals surface area (Å²) in [6.45, 7) is 6.00. The van der Waals surface area contributed by atoms with E-state index < -0.39 is 0 Å². The molecule has 2 heteroatoms. The minimum atomic E-state index is -0.0145. The number of hydrogen-bond donors (Lipinski definition) is 1. The minimum Gasteiger partial charge on any atom is -0.396 e. The maximum absolute atomic E-state index is 9.36. The summed E-state index contributed by atoms with van der Waals surface area (Å²) in [5, 5.41) is 9.36. The first-order valence-corrected chi connectivity index (χ1v) is 5.93. The maximum Gasteiger partial charge on any atom is 0.0570 e. The van der Waals surface area contributed by atoms with Crippen molar-refractivity contribution in [2.75, 3.05) is 19.8 Å². The van der Waals surface area contributed by atoms with Gasteiger partial charge in [-0.2, -0.15) is 0 Å². The van der Waals surface area contributed by atoms with Crippen LogP contribution in [0.25, 0.3) is 0 Å². The first kappa shape index (κ1) is 11.6. The van der Waals surface area contributed by atoms with Crippen LogP contribution in [0.1, 0.15) is 30.9 Å². The maximum atomic E-state index is 9.36. The van der Waals surface area contributed by atoms with E-state index in [1.807, 2.05) is 0 Å². The van der Waals surface area contributed by atoms with Gasteiger partial charge in [0.05, 0.1) is 19.8 Å². The lowest BCUT2D eigenvalue weighted by atomic mass is 9.80. The molecule has 1 heterocycles. The Labute approximate surface area is 97.3 Å². The van der Waals surface area contributed by atoms with Crippen LogP contribution >= 0.6 is 0 Å². The molecule has 0 aromatic heterocycles. The molecule has 1 aromatic rings. The molecule has 0 radical (unpaired) electrons. The van der Waals surface area contributed by atoms with E-state index in [0.717, 1.165) is 6.42 Å². The number of aliphatic hydroxyl groups excluding tert-OH is 1. The molecule has 0 aliphatic carbocycles.